The van der Waals surface area contributed by atoms with Gasteiger partial charge >= 0.3 is 0 Å². The Morgan fingerprint density at radius 1 is 0.962 bits per heavy atom. The summed E-state index contributed by atoms with van der Waals surface area (Å²) in [6, 6.07) is 4.36. The number of hydrogen-bond acceptors (Lipinski definition) is 2. The second-order valence-corrected chi connectivity index (χ2v) is 7.93. The molecule has 1 fully saturated rings. The smallest absolute Gasteiger partial charge is 0.231 e. The molecule has 2 aromatic rings. The number of aryl methyl sites for hydroxylation is 2. The Bertz CT molecular complexity index is 817. The lowest BCUT2D eigenvalue weighted by Crippen LogP contribution is -2.33. The molecule has 1 aliphatic heterocycles. The van der Waals surface area contributed by atoms with Crippen LogP contribution in [0.3, 0.4) is 0 Å². The summed E-state index contributed by atoms with van der Waals surface area (Å²) in [5, 5.41) is 4.15. The first-order valence-corrected chi connectivity index (χ1v) is 10.2. The molecular weight excluding hydrogens is 322 g/mol. The van der Waals surface area contributed by atoms with E-state index in [1.165, 1.54) is 61.5 Å². The van der Waals surface area contributed by atoms with Crippen molar-refractivity contribution in [3.63, 3.8) is 0 Å². The Labute approximate surface area is 155 Å². The maximum Gasteiger partial charge on any atom is 0.231 e. The molecular formula is C23H29NO2. The third-order valence-electron chi connectivity index (χ3n) is 6.07. The standard InChI is InChI=1S/C23H29NO2/c1-16-11-13-19(23(25)24-16)20-15-26-21-14-12-17-9-7-5-3-2-4-6-8-10-18(17)22(20)21/h12,14-15,19H,1-11,13H2,(H,24,25). The van der Waals surface area contributed by atoms with Crippen LogP contribution in [0.25, 0.3) is 11.0 Å². The second-order valence-electron chi connectivity index (χ2n) is 7.93. The van der Waals surface area contributed by atoms with Crippen molar-refractivity contribution in [2.45, 2.75) is 76.5 Å². The molecule has 3 nitrogen and oxygen atoms in total. The first kappa shape index (κ1) is 17.4. The molecule has 1 atom stereocenters. The van der Waals surface area contributed by atoms with Gasteiger partial charge in [-0.1, -0.05) is 44.7 Å². The highest BCUT2D eigenvalue weighted by molar-refractivity contribution is 5.94. The van der Waals surface area contributed by atoms with Gasteiger partial charge < -0.3 is 9.73 Å². The molecule has 0 bridgehead atoms. The van der Waals surface area contributed by atoms with Crippen LogP contribution in [-0.4, -0.2) is 5.91 Å². The number of carbonyl (C=O) groups excluding carboxylic acids is 1. The predicted octanol–water partition coefficient (Wildman–Crippen LogP) is 5.77. The fraction of sp³-hybridized carbons (Fsp3) is 0.522. The minimum Gasteiger partial charge on any atom is -0.464 e. The number of rotatable bonds is 1. The van der Waals surface area contributed by atoms with Gasteiger partial charge in [-0.2, -0.15) is 0 Å². The number of benzene rings is 1. The summed E-state index contributed by atoms with van der Waals surface area (Å²) in [4.78, 5) is 12.6. The van der Waals surface area contributed by atoms with Crippen LogP contribution in [0.2, 0.25) is 0 Å². The number of carbonyl (C=O) groups is 1. The first-order valence-electron chi connectivity index (χ1n) is 10.2. The average molecular weight is 351 g/mol. The highest BCUT2D eigenvalue weighted by Gasteiger charge is 2.29. The average Bonchev–Trinajstić information content (AvgIpc) is 3.02. The van der Waals surface area contributed by atoms with E-state index in [1.54, 1.807) is 0 Å². The van der Waals surface area contributed by atoms with Crippen molar-refractivity contribution in [2.75, 3.05) is 0 Å². The van der Waals surface area contributed by atoms with Gasteiger partial charge in [-0.15, -0.1) is 0 Å². The number of nitrogens with one attached hydrogen (secondary N) is 1. The molecule has 1 saturated heterocycles. The molecule has 1 amide bonds. The molecule has 0 radical (unpaired) electrons. The molecule has 3 heteroatoms. The molecule has 0 saturated carbocycles. The van der Waals surface area contributed by atoms with E-state index in [2.05, 4.69) is 24.0 Å². The lowest BCUT2D eigenvalue weighted by Gasteiger charge is -2.23. The molecule has 1 N–H and O–H groups in total. The van der Waals surface area contributed by atoms with E-state index in [0.29, 0.717) is 0 Å². The Morgan fingerprint density at radius 3 is 2.46 bits per heavy atom. The van der Waals surface area contributed by atoms with Crippen molar-refractivity contribution in [3.8, 4) is 0 Å². The summed E-state index contributed by atoms with van der Waals surface area (Å²) in [6.07, 6.45) is 14.9. The summed E-state index contributed by atoms with van der Waals surface area (Å²) < 4.78 is 5.89. The van der Waals surface area contributed by atoms with Crippen molar-refractivity contribution in [3.05, 3.63) is 47.4 Å². The number of furan rings is 1. The SMILES string of the molecule is C=C1CCC(c2coc3ccc4c(c23)CCCCCCCCC4)C(=O)N1. The molecule has 1 unspecified atom stereocenters. The van der Waals surface area contributed by atoms with Crippen molar-refractivity contribution < 1.29 is 9.21 Å². The number of piperidine rings is 1. The zero-order chi connectivity index (χ0) is 17.9. The van der Waals surface area contributed by atoms with Crippen molar-refractivity contribution in [1.29, 1.82) is 0 Å². The minimum absolute atomic E-state index is 0.0678. The quantitative estimate of drug-likeness (QED) is 0.709. The molecule has 4 rings (SSSR count). The predicted molar refractivity (Wildman–Crippen MR) is 105 cm³/mol. The number of hydrogen-bond donors (Lipinski definition) is 1. The van der Waals surface area contributed by atoms with Crippen molar-refractivity contribution in [1.82, 2.24) is 5.32 Å². The Hall–Kier alpha value is -2.03. The highest BCUT2D eigenvalue weighted by Crippen LogP contribution is 2.37. The third-order valence-corrected chi connectivity index (χ3v) is 6.07. The van der Waals surface area contributed by atoms with Crippen LogP contribution >= 0.6 is 0 Å². The number of fused-ring (bicyclic) bond motifs is 3. The van der Waals surface area contributed by atoms with Gasteiger partial charge in [0.05, 0.1) is 12.2 Å². The normalized spacial score (nSPS) is 22.5. The molecule has 2 aliphatic rings. The van der Waals surface area contributed by atoms with Gasteiger partial charge in [-0.05, 0) is 55.7 Å². The monoisotopic (exact) mass is 351 g/mol. The summed E-state index contributed by atoms with van der Waals surface area (Å²) in [7, 11) is 0. The summed E-state index contributed by atoms with van der Waals surface area (Å²) >= 11 is 0. The van der Waals surface area contributed by atoms with Crippen LogP contribution in [0.5, 0.6) is 0 Å². The molecule has 0 spiro atoms. The van der Waals surface area contributed by atoms with Gasteiger partial charge in [0.1, 0.15) is 5.58 Å². The van der Waals surface area contributed by atoms with Crippen LogP contribution in [0.4, 0.5) is 0 Å². The maximum atomic E-state index is 12.6. The van der Waals surface area contributed by atoms with Gasteiger partial charge in [0.15, 0.2) is 0 Å². The fourth-order valence-corrected chi connectivity index (χ4v) is 4.62. The summed E-state index contributed by atoms with van der Waals surface area (Å²) in [5.74, 6) is -0.0512. The fourth-order valence-electron chi connectivity index (χ4n) is 4.62. The van der Waals surface area contributed by atoms with Gasteiger partial charge in [-0.25, -0.2) is 0 Å². The zero-order valence-corrected chi connectivity index (χ0v) is 15.6. The molecule has 1 aromatic heterocycles. The molecule has 2 heterocycles. The molecule has 1 aliphatic carbocycles. The van der Waals surface area contributed by atoms with E-state index in [0.717, 1.165) is 42.5 Å². The van der Waals surface area contributed by atoms with E-state index in [-0.39, 0.29) is 11.8 Å². The van der Waals surface area contributed by atoms with Crippen LogP contribution < -0.4 is 5.32 Å². The first-order chi connectivity index (χ1) is 12.7. The van der Waals surface area contributed by atoms with Crippen LogP contribution in [0, 0.1) is 0 Å². The molecule has 138 valence electrons. The highest BCUT2D eigenvalue weighted by atomic mass is 16.3. The Morgan fingerprint density at radius 2 is 1.69 bits per heavy atom. The lowest BCUT2D eigenvalue weighted by molar-refractivity contribution is -0.122. The maximum absolute atomic E-state index is 12.6. The van der Waals surface area contributed by atoms with Gasteiger partial charge in [0, 0.05) is 16.6 Å². The van der Waals surface area contributed by atoms with Gasteiger partial charge in [0.2, 0.25) is 5.91 Å². The minimum atomic E-state index is -0.119. The third kappa shape index (κ3) is 3.44. The Kier molecular flexibility index (Phi) is 5.14. The van der Waals surface area contributed by atoms with Crippen molar-refractivity contribution >= 4 is 16.9 Å². The molecule has 1 aromatic carbocycles. The van der Waals surface area contributed by atoms with E-state index in [1.807, 2.05) is 6.26 Å². The zero-order valence-electron chi connectivity index (χ0n) is 15.6. The van der Waals surface area contributed by atoms with E-state index >= 15 is 0 Å². The van der Waals surface area contributed by atoms with E-state index in [9.17, 15) is 4.79 Å². The molecule has 26 heavy (non-hydrogen) atoms. The van der Waals surface area contributed by atoms with Gasteiger partial charge in [-0.3, -0.25) is 4.79 Å². The number of amides is 1. The lowest BCUT2D eigenvalue weighted by atomic mass is 9.86. The summed E-state index contributed by atoms with van der Waals surface area (Å²) in [5.41, 5.74) is 5.74. The largest absolute Gasteiger partial charge is 0.464 e. The van der Waals surface area contributed by atoms with Crippen molar-refractivity contribution in [2.24, 2.45) is 0 Å². The van der Waals surface area contributed by atoms with Crippen LogP contribution in [0.15, 0.2) is 35.1 Å². The van der Waals surface area contributed by atoms with E-state index < -0.39 is 0 Å². The van der Waals surface area contributed by atoms with Crippen LogP contribution in [-0.2, 0) is 17.6 Å². The summed E-state index contributed by atoms with van der Waals surface area (Å²) in [6.45, 7) is 3.91. The van der Waals surface area contributed by atoms with E-state index in [4.69, 9.17) is 4.42 Å². The van der Waals surface area contributed by atoms with Gasteiger partial charge in [0.25, 0.3) is 0 Å². The van der Waals surface area contributed by atoms with Crippen LogP contribution in [0.1, 0.15) is 80.4 Å². The number of allylic oxidation sites excluding steroid dienone is 1. The topological polar surface area (TPSA) is 42.2 Å². The Balaban J connectivity index is 1.75. The second kappa shape index (κ2) is 7.69.